The molecule has 0 aromatic heterocycles. The van der Waals surface area contributed by atoms with Crippen molar-refractivity contribution in [2.24, 2.45) is 0 Å². The van der Waals surface area contributed by atoms with Crippen LogP contribution in [0.3, 0.4) is 0 Å². The molecule has 0 saturated carbocycles. The van der Waals surface area contributed by atoms with Gasteiger partial charge in [-0.25, -0.2) is 9.69 Å². The lowest BCUT2D eigenvalue weighted by Gasteiger charge is -2.47. The van der Waals surface area contributed by atoms with Crippen LogP contribution in [0.1, 0.15) is 56.7 Å². The average Bonchev–Trinajstić information content (AvgIpc) is 2.72. The molecule has 1 atom stereocenters. The van der Waals surface area contributed by atoms with Gasteiger partial charge in [-0.05, 0) is 87.1 Å². The number of hydrogen-bond acceptors (Lipinski definition) is 4. The third-order valence-corrected chi connectivity index (χ3v) is 6.51. The van der Waals surface area contributed by atoms with Crippen LogP contribution in [0.2, 0.25) is 0 Å². The molecular weight excluding hydrogens is 402 g/mol. The number of hydrogen-bond donors (Lipinski definition) is 1. The molecule has 2 aromatic rings. The number of rotatable bonds is 3. The Morgan fingerprint density at radius 3 is 2.47 bits per heavy atom. The van der Waals surface area contributed by atoms with Crippen molar-refractivity contribution in [3.05, 3.63) is 64.7 Å². The topological polar surface area (TPSA) is 69.7 Å². The zero-order valence-corrected chi connectivity index (χ0v) is 19.2. The number of carbonyl (C=O) groups is 3. The number of imide groups is 2. The van der Waals surface area contributed by atoms with Crippen molar-refractivity contribution in [1.29, 1.82) is 0 Å². The van der Waals surface area contributed by atoms with Crippen LogP contribution in [-0.4, -0.2) is 29.9 Å². The molecule has 1 N–H and O–H groups in total. The first-order chi connectivity index (χ1) is 15.1. The van der Waals surface area contributed by atoms with Crippen LogP contribution in [-0.2, 0) is 9.59 Å². The molecule has 4 amide bonds. The van der Waals surface area contributed by atoms with Crippen molar-refractivity contribution in [2.75, 3.05) is 16.3 Å². The maximum absolute atomic E-state index is 13.2. The van der Waals surface area contributed by atoms with Crippen LogP contribution < -0.4 is 15.1 Å². The highest BCUT2D eigenvalue weighted by molar-refractivity contribution is 6.39. The number of benzene rings is 2. The second kappa shape index (κ2) is 7.93. The molecule has 166 valence electrons. The van der Waals surface area contributed by atoms with E-state index in [1.54, 1.807) is 36.4 Å². The summed E-state index contributed by atoms with van der Waals surface area (Å²) in [4.78, 5) is 41.6. The summed E-state index contributed by atoms with van der Waals surface area (Å²) >= 11 is 0. The van der Waals surface area contributed by atoms with Gasteiger partial charge >= 0.3 is 6.03 Å². The SMILES string of the molecule is CCN1c2cc(C)c(/C=C3\C(=O)NC(=O)N(c4ccccc4)C3=O)cc2[C@@H](C)CC1(C)C. The van der Waals surface area contributed by atoms with Crippen molar-refractivity contribution in [2.45, 2.75) is 52.5 Å². The van der Waals surface area contributed by atoms with Gasteiger partial charge in [0.05, 0.1) is 5.69 Å². The molecule has 1 saturated heterocycles. The first-order valence-electron chi connectivity index (χ1n) is 11.0. The molecule has 2 aromatic carbocycles. The zero-order valence-electron chi connectivity index (χ0n) is 19.2. The van der Waals surface area contributed by atoms with Gasteiger partial charge in [-0.3, -0.25) is 14.9 Å². The van der Waals surface area contributed by atoms with E-state index in [2.05, 4.69) is 50.0 Å². The summed E-state index contributed by atoms with van der Waals surface area (Å²) in [5.41, 5.74) is 4.64. The van der Waals surface area contributed by atoms with Gasteiger partial charge in [0.15, 0.2) is 0 Å². The maximum Gasteiger partial charge on any atom is 0.335 e. The Bertz CT molecular complexity index is 1130. The van der Waals surface area contributed by atoms with Crippen molar-refractivity contribution in [1.82, 2.24) is 5.32 Å². The van der Waals surface area contributed by atoms with E-state index in [0.717, 1.165) is 29.0 Å². The Hall–Kier alpha value is -3.41. The molecule has 6 nitrogen and oxygen atoms in total. The number of nitrogens with zero attached hydrogens (tertiary/aromatic N) is 2. The molecular formula is C26H29N3O3. The number of aryl methyl sites for hydroxylation is 1. The zero-order chi connectivity index (χ0) is 23.2. The fourth-order valence-corrected chi connectivity index (χ4v) is 5.03. The Labute approximate surface area is 188 Å². The van der Waals surface area contributed by atoms with E-state index in [9.17, 15) is 14.4 Å². The molecule has 32 heavy (non-hydrogen) atoms. The predicted octanol–water partition coefficient (Wildman–Crippen LogP) is 4.77. The fraction of sp³-hybridized carbons (Fsp3) is 0.346. The molecule has 0 unspecified atom stereocenters. The van der Waals surface area contributed by atoms with Gasteiger partial charge in [0.25, 0.3) is 11.8 Å². The Balaban J connectivity index is 1.78. The van der Waals surface area contributed by atoms with Crippen LogP contribution >= 0.6 is 0 Å². The molecule has 0 spiro atoms. The van der Waals surface area contributed by atoms with E-state index in [0.29, 0.717) is 11.6 Å². The smallest absolute Gasteiger partial charge is 0.335 e. The maximum atomic E-state index is 13.2. The number of para-hydroxylation sites is 1. The number of fused-ring (bicyclic) bond motifs is 1. The van der Waals surface area contributed by atoms with Crippen molar-refractivity contribution >= 4 is 35.3 Å². The minimum Gasteiger partial charge on any atom is -0.366 e. The van der Waals surface area contributed by atoms with Crippen molar-refractivity contribution in [3.63, 3.8) is 0 Å². The number of carbonyl (C=O) groups excluding carboxylic acids is 3. The molecule has 0 aliphatic carbocycles. The highest BCUT2D eigenvalue weighted by Crippen LogP contribution is 2.44. The lowest BCUT2D eigenvalue weighted by molar-refractivity contribution is -0.122. The molecule has 2 heterocycles. The number of urea groups is 1. The van der Waals surface area contributed by atoms with Crippen LogP contribution in [0.15, 0.2) is 48.0 Å². The minimum absolute atomic E-state index is 0.0485. The van der Waals surface area contributed by atoms with E-state index < -0.39 is 17.8 Å². The summed E-state index contributed by atoms with van der Waals surface area (Å²) < 4.78 is 0. The van der Waals surface area contributed by atoms with E-state index in [-0.39, 0.29) is 11.1 Å². The van der Waals surface area contributed by atoms with Crippen LogP contribution in [0.4, 0.5) is 16.2 Å². The monoisotopic (exact) mass is 431 g/mol. The summed E-state index contributed by atoms with van der Waals surface area (Å²) in [6, 6.07) is 12.1. The van der Waals surface area contributed by atoms with Crippen molar-refractivity contribution in [3.8, 4) is 0 Å². The Morgan fingerprint density at radius 2 is 1.81 bits per heavy atom. The average molecular weight is 432 g/mol. The standard InChI is InChI=1S/C26H29N3O3/c1-6-28-22-12-16(2)18(13-20(22)17(3)15-26(28,4)5)14-21-23(30)27-25(32)29(24(21)31)19-10-8-7-9-11-19/h7-14,17H,6,15H2,1-5H3,(H,27,30,32)/b21-14+/t17-/m0/s1. The van der Waals surface area contributed by atoms with Gasteiger partial charge in [-0.15, -0.1) is 0 Å². The molecule has 2 aliphatic heterocycles. The third-order valence-electron chi connectivity index (χ3n) is 6.51. The molecule has 4 rings (SSSR count). The first-order valence-corrected chi connectivity index (χ1v) is 11.0. The summed E-state index contributed by atoms with van der Waals surface area (Å²) in [7, 11) is 0. The van der Waals surface area contributed by atoms with Gasteiger partial charge in [0.2, 0.25) is 0 Å². The molecule has 0 bridgehead atoms. The van der Waals surface area contributed by atoms with Crippen LogP contribution in [0.25, 0.3) is 6.08 Å². The van der Waals surface area contributed by atoms with E-state index in [4.69, 9.17) is 0 Å². The second-order valence-electron chi connectivity index (χ2n) is 9.22. The van der Waals surface area contributed by atoms with Gasteiger partial charge < -0.3 is 4.90 Å². The summed E-state index contributed by atoms with van der Waals surface area (Å²) in [6.07, 6.45) is 2.63. The quantitative estimate of drug-likeness (QED) is 0.561. The van der Waals surface area contributed by atoms with Gasteiger partial charge in [0, 0.05) is 17.8 Å². The largest absolute Gasteiger partial charge is 0.366 e. The highest BCUT2D eigenvalue weighted by Gasteiger charge is 2.38. The molecule has 6 heteroatoms. The Kier molecular flexibility index (Phi) is 5.41. The van der Waals surface area contributed by atoms with Gasteiger partial charge in [-0.1, -0.05) is 25.1 Å². The fourth-order valence-electron chi connectivity index (χ4n) is 5.03. The van der Waals surface area contributed by atoms with Crippen LogP contribution in [0, 0.1) is 6.92 Å². The van der Waals surface area contributed by atoms with Crippen LogP contribution in [0.5, 0.6) is 0 Å². The third kappa shape index (κ3) is 3.60. The highest BCUT2D eigenvalue weighted by atomic mass is 16.2. The normalized spacial score (nSPS) is 21.6. The van der Waals surface area contributed by atoms with E-state index in [1.165, 1.54) is 11.3 Å². The summed E-state index contributed by atoms with van der Waals surface area (Å²) in [6.45, 7) is 11.8. The molecule has 2 aliphatic rings. The summed E-state index contributed by atoms with van der Waals surface area (Å²) in [5.74, 6) is -0.945. The Morgan fingerprint density at radius 1 is 1.12 bits per heavy atom. The number of amides is 4. The summed E-state index contributed by atoms with van der Waals surface area (Å²) in [5, 5.41) is 2.30. The van der Waals surface area contributed by atoms with Crippen molar-refractivity contribution < 1.29 is 14.4 Å². The number of barbiturate groups is 1. The predicted molar refractivity (Wildman–Crippen MR) is 127 cm³/mol. The lowest BCUT2D eigenvalue weighted by Crippen LogP contribution is -2.54. The molecule has 0 radical (unpaired) electrons. The second-order valence-corrected chi connectivity index (χ2v) is 9.22. The molecule has 1 fully saturated rings. The van der Waals surface area contributed by atoms with E-state index >= 15 is 0 Å². The van der Waals surface area contributed by atoms with Gasteiger partial charge in [-0.2, -0.15) is 0 Å². The van der Waals surface area contributed by atoms with E-state index in [1.807, 2.05) is 6.92 Å². The minimum atomic E-state index is -0.736. The number of anilines is 2. The van der Waals surface area contributed by atoms with Gasteiger partial charge in [0.1, 0.15) is 5.57 Å². The first kappa shape index (κ1) is 21.8. The lowest BCUT2D eigenvalue weighted by atomic mass is 9.79. The number of nitrogens with one attached hydrogen (secondary N) is 1.